The van der Waals surface area contributed by atoms with Gasteiger partial charge in [-0.3, -0.25) is 0 Å². The first kappa shape index (κ1) is 16.5. The van der Waals surface area contributed by atoms with E-state index in [-0.39, 0.29) is 11.3 Å². The topological polar surface area (TPSA) is 46.5 Å². The van der Waals surface area contributed by atoms with Gasteiger partial charge in [0.25, 0.3) is 0 Å². The molecule has 3 atom stereocenters. The fraction of sp³-hybridized carbons (Fsp3) is 0.938. The molecule has 1 aliphatic carbocycles. The number of esters is 1. The Labute approximate surface area is 117 Å². The Morgan fingerprint density at radius 1 is 1.37 bits per heavy atom. The van der Waals surface area contributed by atoms with E-state index in [1.807, 2.05) is 6.92 Å². The summed E-state index contributed by atoms with van der Waals surface area (Å²) in [6, 6.07) is 0. The van der Waals surface area contributed by atoms with E-state index in [9.17, 15) is 9.90 Å². The molecule has 0 heterocycles. The minimum Gasteiger partial charge on any atom is -0.464 e. The molecule has 3 nitrogen and oxygen atoms in total. The molecule has 0 aliphatic heterocycles. The number of hydrogen-bond acceptors (Lipinski definition) is 3. The Hall–Kier alpha value is -0.570. The molecule has 1 rings (SSSR count). The third-order valence-corrected chi connectivity index (χ3v) is 4.32. The SMILES string of the molecule is CCCC(O)(C(=O)OCC)C1CC(C)CC(C)(C)C1. The first-order valence-corrected chi connectivity index (χ1v) is 7.64. The monoisotopic (exact) mass is 270 g/mol. The molecule has 3 heteroatoms. The minimum atomic E-state index is -1.29. The lowest BCUT2D eigenvalue weighted by Gasteiger charge is -2.45. The van der Waals surface area contributed by atoms with Crippen molar-refractivity contribution < 1.29 is 14.6 Å². The van der Waals surface area contributed by atoms with Crippen molar-refractivity contribution in [1.82, 2.24) is 0 Å². The Balaban J connectivity index is 2.94. The summed E-state index contributed by atoms with van der Waals surface area (Å²) in [7, 11) is 0. The van der Waals surface area contributed by atoms with Crippen molar-refractivity contribution in [2.24, 2.45) is 17.3 Å². The van der Waals surface area contributed by atoms with Crippen molar-refractivity contribution >= 4 is 5.97 Å². The molecule has 0 aromatic carbocycles. The van der Waals surface area contributed by atoms with Gasteiger partial charge in [-0.2, -0.15) is 0 Å². The predicted molar refractivity (Wildman–Crippen MR) is 76.8 cm³/mol. The normalized spacial score (nSPS) is 29.6. The second-order valence-electron chi connectivity index (χ2n) is 7.00. The summed E-state index contributed by atoms with van der Waals surface area (Å²) in [6.07, 6.45) is 4.26. The van der Waals surface area contributed by atoms with Crippen molar-refractivity contribution in [3.8, 4) is 0 Å². The molecule has 0 aromatic heterocycles. The summed E-state index contributed by atoms with van der Waals surface area (Å²) in [4.78, 5) is 12.2. The van der Waals surface area contributed by atoms with Crippen LogP contribution in [0.2, 0.25) is 0 Å². The predicted octanol–water partition coefficient (Wildman–Crippen LogP) is 3.54. The summed E-state index contributed by atoms with van der Waals surface area (Å²) in [6.45, 7) is 10.8. The lowest BCUT2D eigenvalue weighted by Crippen LogP contribution is -2.50. The minimum absolute atomic E-state index is 0.0187. The Kier molecular flexibility index (Phi) is 5.43. The number of carbonyl (C=O) groups excluding carboxylic acids is 1. The Morgan fingerprint density at radius 3 is 2.47 bits per heavy atom. The first-order chi connectivity index (χ1) is 8.75. The third kappa shape index (κ3) is 3.95. The van der Waals surface area contributed by atoms with Gasteiger partial charge >= 0.3 is 5.97 Å². The molecule has 1 saturated carbocycles. The van der Waals surface area contributed by atoms with Crippen LogP contribution in [0.3, 0.4) is 0 Å². The van der Waals surface area contributed by atoms with E-state index in [4.69, 9.17) is 4.74 Å². The van der Waals surface area contributed by atoms with Gasteiger partial charge in [-0.1, -0.05) is 34.1 Å². The molecule has 1 fully saturated rings. The second kappa shape index (κ2) is 6.25. The number of ether oxygens (including phenoxy) is 1. The van der Waals surface area contributed by atoms with Crippen LogP contribution >= 0.6 is 0 Å². The Morgan fingerprint density at radius 2 is 2.00 bits per heavy atom. The average molecular weight is 270 g/mol. The van der Waals surface area contributed by atoms with E-state index < -0.39 is 11.6 Å². The van der Waals surface area contributed by atoms with Crippen molar-refractivity contribution in [3.05, 3.63) is 0 Å². The maximum Gasteiger partial charge on any atom is 0.338 e. The maximum atomic E-state index is 12.2. The molecule has 0 amide bonds. The van der Waals surface area contributed by atoms with E-state index in [0.29, 0.717) is 18.9 Å². The fourth-order valence-electron chi connectivity index (χ4n) is 3.82. The van der Waals surface area contributed by atoms with Crippen LogP contribution in [0.5, 0.6) is 0 Å². The highest BCUT2D eigenvalue weighted by molar-refractivity contribution is 5.79. The van der Waals surface area contributed by atoms with Crippen LogP contribution in [-0.4, -0.2) is 23.3 Å². The van der Waals surface area contributed by atoms with Gasteiger partial charge in [0.1, 0.15) is 0 Å². The van der Waals surface area contributed by atoms with Crippen LogP contribution in [0.4, 0.5) is 0 Å². The zero-order valence-electron chi connectivity index (χ0n) is 13.2. The number of rotatable bonds is 5. The van der Waals surface area contributed by atoms with E-state index in [2.05, 4.69) is 20.8 Å². The van der Waals surface area contributed by atoms with Crippen LogP contribution in [0.15, 0.2) is 0 Å². The standard InChI is InChI=1S/C16H30O3/c1-6-8-16(18,14(17)19-7-2)13-9-12(3)10-15(4,5)11-13/h12-13,18H,6-11H2,1-5H3. The van der Waals surface area contributed by atoms with Gasteiger partial charge in [-0.05, 0) is 49.9 Å². The lowest BCUT2D eigenvalue weighted by atomic mass is 9.62. The molecule has 1 N–H and O–H groups in total. The molecule has 0 saturated heterocycles. The molecule has 0 radical (unpaired) electrons. The highest BCUT2D eigenvalue weighted by Gasteiger charge is 2.48. The highest BCUT2D eigenvalue weighted by atomic mass is 16.5. The average Bonchev–Trinajstić information content (AvgIpc) is 2.26. The second-order valence-corrected chi connectivity index (χ2v) is 7.00. The van der Waals surface area contributed by atoms with E-state index in [1.54, 1.807) is 6.92 Å². The van der Waals surface area contributed by atoms with Gasteiger partial charge in [-0.15, -0.1) is 0 Å². The van der Waals surface area contributed by atoms with Crippen LogP contribution in [-0.2, 0) is 9.53 Å². The quantitative estimate of drug-likeness (QED) is 0.777. The number of aliphatic hydroxyl groups is 1. The highest BCUT2D eigenvalue weighted by Crippen LogP contribution is 2.47. The molecule has 112 valence electrons. The van der Waals surface area contributed by atoms with Gasteiger partial charge in [0.2, 0.25) is 0 Å². The van der Waals surface area contributed by atoms with Crippen molar-refractivity contribution in [1.29, 1.82) is 0 Å². The zero-order chi connectivity index (χ0) is 14.7. The van der Waals surface area contributed by atoms with Gasteiger partial charge in [-0.25, -0.2) is 4.79 Å². The molecule has 19 heavy (non-hydrogen) atoms. The van der Waals surface area contributed by atoms with Crippen molar-refractivity contribution in [2.75, 3.05) is 6.61 Å². The van der Waals surface area contributed by atoms with Gasteiger partial charge in [0, 0.05) is 0 Å². The number of hydrogen-bond donors (Lipinski definition) is 1. The third-order valence-electron chi connectivity index (χ3n) is 4.32. The van der Waals surface area contributed by atoms with E-state index >= 15 is 0 Å². The molecule has 0 bridgehead atoms. The van der Waals surface area contributed by atoms with Crippen LogP contribution in [0.25, 0.3) is 0 Å². The van der Waals surface area contributed by atoms with Crippen LogP contribution in [0.1, 0.15) is 66.7 Å². The van der Waals surface area contributed by atoms with Gasteiger partial charge < -0.3 is 9.84 Å². The molecule has 0 spiro atoms. The smallest absolute Gasteiger partial charge is 0.338 e. The van der Waals surface area contributed by atoms with Crippen LogP contribution < -0.4 is 0 Å². The summed E-state index contributed by atoms with van der Waals surface area (Å²) in [5, 5.41) is 10.9. The summed E-state index contributed by atoms with van der Waals surface area (Å²) >= 11 is 0. The zero-order valence-corrected chi connectivity index (χ0v) is 13.2. The summed E-state index contributed by atoms with van der Waals surface area (Å²) in [5.41, 5.74) is -1.10. The summed E-state index contributed by atoms with van der Waals surface area (Å²) < 4.78 is 5.13. The summed E-state index contributed by atoms with van der Waals surface area (Å²) in [5.74, 6) is 0.142. The lowest BCUT2D eigenvalue weighted by molar-refractivity contribution is -0.177. The van der Waals surface area contributed by atoms with Gasteiger partial charge in [0.15, 0.2) is 5.60 Å². The van der Waals surface area contributed by atoms with Crippen molar-refractivity contribution in [3.63, 3.8) is 0 Å². The van der Waals surface area contributed by atoms with Gasteiger partial charge in [0.05, 0.1) is 6.61 Å². The Bertz CT molecular complexity index is 311. The first-order valence-electron chi connectivity index (χ1n) is 7.64. The van der Waals surface area contributed by atoms with Crippen LogP contribution in [0, 0.1) is 17.3 Å². The molecule has 1 aliphatic rings. The van der Waals surface area contributed by atoms with E-state index in [0.717, 1.165) is 25.7 Å². The van der Waals surface area contributed by atoms with E-state index in [1.165, 1.54) is 0 Å². The number of carbonyl (C=O) groups is 1. The molecular formula is C16H30O3. The maximum absolute atomic E-state index is 12.2. The fourth-order valence-corrected chi connectivity index (χ4v) is 3.82. The molecular weight excluding hydrogens is 240 g/mol. The molecule has 0 aromatic rings. The molecule has 3 unspecified atom stereocenters. The van der Waals surface area contributed by atoms with Crippen molar-refractivity contribution in [2.45, 2.75) is 72.3 Å². The largest absolute Gasteiger partial charge is 0.464 e.